The van der Waals surface area contributed by atoms with Crippen LogP contribution in [-0.4, -0.2) is 0 Å². The average Bonchev–Trinajstić information content (AvgIpc) is 2.36. The zero-order valence-corrected chi connectivity index (χ0v) is 11.0. The summed E-state index contributed by atoms with van der Waals surface area (Å²) in [6, 6.07) is 14.0. The van der Waals surface area contributed by atoms with Gasteiger partial charge in [0.1, 0.15) is 0 Å². The number of ether oxygens (including phenoxy) is 1. The lowest BCUT2D eigenvalue weighted by molar-refractivity contribution is -0.152. The second-order valence-electron chi connectivity index (χ2n) is 3.83. The Morgan fingerprint density at radius 1 is 1.00 bits per heavy atom. The maximum atomic E-state index is 11.8. The Balaban J connectivity index is 1.98. The molecule has 0 aliphatic rings. The molecule has 18 heavy (non-hydrogen) atoms. The quantitative estimate of drug-likeness (QED) is 0.751. The molecule has 1 radical (unpaired) electrons. The first-order valence-corrected chi connectivity index (χ1v) is 6.18. The van der Waals surface area contributed by atoms with E-state index >= 15 is 0 Å². The van der Waals surface area contributed by atoms with Crippen molar-refractivity contribution >= 4 is 23.2 Å². The van der Waals surface area contributed by atoms with Crippen LogP contribution in [0.15, 0.2) is 48.5 Å². The average molecular weight is 282 g/mol. The van der Waals surface area contributed by atoms with Crippen LogP contribution in [0.2, 0.25) is 10.0 Å². The first kappa shape index (κ1) is 13.4. The number of rotatable bonds is 4. The molecule has 0 spiro atoms. The highest BCUT2D eigenvalue weighted by Gasteiger charge is 2.10. The zero-order chi connectivity index (χ0) is 13.0. The molecule has 0 aliphatic heterocycles. The number of hydrogen-bond acceptors (Lipinski definition) is 1. The van der Waals surface area contributed by atoms with Crippen LogP contribution in [0.5, 0.6) is 0 Å². The molecule has 2 nitrogen and oxygen atoms in total. The summed E-state index contributed by atoms with van der Waals surface area (Å²) in [4.78, 5) is 0. The minimum Gasteiger partial charge on any atom is -0.341 e. The predicted molar refractivity (Wildman–Crippen MR) is 71.1 cm³/mol. The van der Waals surface area contributed by atoms with Crippen molar-refractivity contribution in [3.63, 3.8) is 0 Å². The SMILES string of the molecule is [O]C(OCc1cccc(Cl)c1)c1cccc(Cl)c1. The fraction of sp³-hybridized carbons (Fsp3) is 0.143. The Labute approximate surface area is 116 Å². The summed E-state index contributed by atoms with van der Waals surface area (Å²) < 4.78 is 5.25. The van der Waals surface area contributed by atoms with Crippen molar-refractivity contribution < 1.29 is 9.84 Å². The molecule has 2 aromatic carbocycles. The first-order chi connectivity index (χ1) is 8.65. The van der Waals surface area contributed by atoms with Crippen molar-refractivity contribution in [3.05, 3.63) is 69.7 Å². The maximum absolute atomic E-state index is 11.8. The smallest absolute Gasteiger partial charge is 0.217 e. The van der Waals surface area contributed by atoms with Crippen LogP contribution >= 0.6 is 23.2 Å². The van der Waals surface area contributed by atoms with Gasteiger partial charge in [0.15, 0.2) is 0 Å². The summed E-state index contributed by atoms with van der Waals surface area (Å²) in [7, 11) is 0. The molecule has 0 aromatic heterocycles. The molecule has 0 bridgehead atoms. The van der Waals surface area contributed by atoms with Crippen molar-refractivity contribution in [1.29, 1.82) is 0 Å². The third-order valence-electron chi connectivity index (χ3n) is 2.41. The van der Waals surface area contributed by atoms with E-state index in [2.05, 4.69) is 0 Å². The molecule has 0 aliphatic carbocycles. The van der Waals surface area contributed by atoms with Gasteiger partial charge in [-0.05, 0) is 29.8 Å². The van der Waals surface area contributed by atoms with E-state index in [0.29, 0.717) is 15.6 Å². The monoisotopic (exact) mass is 281 g/mol. The fourth-order valence-electron chi connectivity index (χ4n) is 1.55. The summed E-state index contributed by atoms with van der Waals surface area (Å²) in [6.07, 6.45) is -1.25. The van der Waals surface area contributed by atoms with Crippen LogP contribution < -0.4 is 0 Å². The summed E-state index contributed by atoms with van der Waals surface area (Å²) in [5.41, 5.74) is 1.38. The zero-order valence-electron chi connectivity index (χ0n) is 9.48. The summed E-state index contributed by atoms with van der Waals surface area (Å²) in [6.45, 7) is 0.223. The Bertz CT molecular complexity index is 529. The van der Waals surface area contributed by atoms with Crippen molar-refractivity contribution in [2.45, 2.75) is 12.9 Å². The van der Waals surface area contributed by atoms with Gasteiger partial charge in [-0.1, -0.05) is 47.5 Å². The minimum atomic E-state index is -1.25. The molecular formula is C14H11Cl2O2. The molecule has 2 aromatic rings. The van der Waals surface area contributed by atoms with Crippen LogP contribution in [0.1, 0.15) is 17.4 Å². The van der Waals surface area contributed by atoms with E-state index < -0.39 is 6.29 Å². The van der Waals surface area contributed by atoms with Crippen LogP contribution in [-0.2, 0) is 16.5 Å². The molecule has 0 fully saturated rings. The third kappa shape index (κ3) is 3.72. The first-order valence-electron chi connectivity index (χ1n) is 5.42. The molecule has 0 N–H and O–H groups in total. The van der Waals surface area contributed by atoms with Gasteiger partial charge in [0.05, 0.1) is 6.61 Å². The number of benzene rings is 2. The van der Waals surface area contributed by atoms with Crippen LogP contribution in [0, 0.1) is 0 Å². The molecule has 93 valence electrons. The van der Waals surface area contributed by atoms with Gasteiger partial charge in [-0.3, -0.25) is 0 Å². The van der Waals surface area contributed by atoms with Crippen LogP contribution in [0.25, 0.3) is 0 Å². The van der Waals surface area contributed by atoms with E-state index in [-0.39, 0.29) is 6.61 Å². The third-order valence-corrected chi connectivity index (χ3v) is 2.88. The Morgan fingerprint density at radius 2 is 1.67 bits per heavy atom. The number of hydrogen-bond donors (Lipinski definition) is 0. The minimum absolute atomic E-state index is 0.223. The lowest BCUT2D eigenvalue weighted by atomic mass is 10.2. The summed E-state index contributed by atoms with van der Waals surface area (Å²) >= 11 is 11.7. The fourth-order valence-corrected chi connectivity index (χ4v) is 1.96. The molecule has 1 atom stereocenters. The lowest BCUT2D eigenvalue weighted by Crippen LogP contribution is -2.02. The number of halogens is 2. The topological polar surface area (TPSA) is 29.1 Å². The predicted octanol–water partition coefficient (Wildman–Crippen LogP) is 4.64. The highest BCUT2D eigenvalue weighted by molar-refractivity contribution is 6.30. The van der Waals surface area contributed by atoms with Crippen molar-refractivity contribution in [2.24, 2.45) is 0 Å². The van der Waals surface area contributed by atoms with Gasteiger partial charge in [-0.25, -0.2) is 0 Å². The van der Waals surface area contributed by atoms with E-state index in [1.807, 2.05) is 12.1 Å². The Kier molecular flexibility index (Phi) is 4.61. The molecular weight excluding hydrogens is 271 g/mol. The summed E-state index contributed by atoms with van der Waals surface area (Å²) in [5.74, 6) is 0. The van der Waals surface area contributed by atoms with Gasteiger partial charge in [-0.15, -0.1) is 0 Å². The molecule has 4 heteroatoms. The van der Waals surface area contributed by atoms with E-state index in [1.165, 1.54) is 0 Å². The van der Waals surface area contributed by atoms with Crippen molar-refractivity contribution in [3.8, 4) is 0 Å². The standard InChI is InChI=1S/C14H11Cl2O2/c15-12-5-1-3-10(7-12)9-18-14(17)11-4-2-6-13(16)8-11/h1-8,14H,9H2. The van der Waals surface area contributed by atoms with Gasteiger partial charge >= 0.3 is 0 Å². The van der Waals surface area contributed by atoms with Gasteiger partial charge in [0.2, 0.25) is 6.29 Å². The molecule has 2 rings (SSSR count). The van der Waals surface area contributed by atoms with E-state index in [9.17, 15) is 5.11 Å². The molecule has 0 heterocycles. The molecule has 0 saturated carbocycles. The maximum Gasteiger partial charge on any atom is 0.217 e. The van der Waals surface area contributed by atoms with Crippen LogP contribution in [0.4, 0.5) is 0 Å². The van der Waals surface area contributed by atoms with Crippen LogP contribution in [0.3, 0.4) is 0 Å². The van der Waals surface area contributed by atoms with Gasteiger partial charge < -0.3 is 4.74 Å². The van der Waals surface area contributed by atoms with Crippen molar-refractivity contribution in [2.75, 3.05) is 0 Å². The van der Waals surface area contributed by atoms with Gasteiger partial charge in [0.25, 0.3) is 0 Å². The Hall–Kier alpha value is -1.06. The largest absolute Gasteiger partial charge is 0.341 e. The molecule has 1 unspecified atom stereocenters. The molecule has 0 saturated heterocycles. The second kappa shape index (κ2) is 6.21. The highest BCUT2D eigenvalue weighted by Crippen LogP contribution is 2.21. The highest BCUT2D eigenvalue weighted by atomic mass is 35.5. The summed E-state index contributed by atoms with van der Waals surface area (Å²) in [5, 5.41) is 13.0. The lowest BCUT2D eigenvalue weighted by Gasteiger charge is -2.10. The Morgan fingerprint density at radius 3 is 2.33 bits per heavy atom. The normalized spacial score (nSPS) is 12.4. The van der Waals surface area contributed by atoms with Crippen molar-refractivity contribution in [1.82, 2.24) is 0 Å². The second-order valence-corrected chi connectivity index (χ2v) is 4.70. The van der Waals surface area contributed by atoms with E-state index in [0.717, 1.165) is 5.56 Å². The van der Waals surface area contributed by atoms with E-state index in [1.54, 1.807) is 36.4 Å². The van der Waals surface area contributed by atoms with Gasteiger partial charge in [-0.2, -0.15) is 5.11 Å². The van der Waals surface area contributed by atoms with E-state index in [4.69, 9.17) is 27.9 Å². The molecule has 0 amide bonds. The van der Waals surface area contributed by atoms with Gasteiger partial charge in [0, 0.05) is 15.6 Å².